The molecule has 0 amide bonds. The number of sulfonamides is 1. The van der Waals surface area contributed by atoms with E-state index in [1.54, 1.807) is 0 Å². The molecule has 2 N–H and O–H groups in total. The van der Waals surface area contributed by atoms with Gasteiger partial charge in [-0.05, 0) is 24.3 Å². The molecule has 0 saturated carbocycles. The van der Waals surface area contributed by atoms with E-state index in [2.05, 4.69) is 4.40 Å². The van der Waals surface area contributed by atoms with Gasteiger partial charge in [0.15, 0.2) is 0 Å². The molecule has 0 atom stereocenters. The van der Waals surface area contributed by atoms with Gasteiger partial charge in [-0.2, -0.15) is 8.42 Å². The number of halogens is 1. The highest BCUT2D eigenvalue weighted by molar-refractivity contribution is 7.90. The third-order valence-corrected chi connectivity index (χ3v) is 4.43. The average Bonchev–Trinajstić information content (AvgIpc) is 2.39. The lowest BCUT2D eigenvalue weighted by molar-refractivity contribution is 0.0452. The lowest BCUT2D eigenvalue weighted by Crippen LogP contribution is -2.41. The highest BCUT2D eigenvalue weighted by Crippen LogP contribution is 2.16. The first-order valence-corrected chi connectivity index (χ1v) is 7.94. The number of morpholine rings is 1. The molecule has 0 unspecified atom stereocenters. The largest absolute Gasteiger partial charge is 0.385 e. The Hall–Kier alpha value is -1.15. The van der Waals surface area contributed by atoms with Crippen LogP contribution in [0, 0.1) is 0 Å². The van der Waals surface area contributed by atoms with E-state index in [-0.39, 0.29) is 10.7 Å². The van der Waals surface area contributed by atoms with Gasteiger partial charge in [0, 0.05) is 18.1 Å². The van der Waals surface area contributed by atoms with Gasteiger partial charge in [0.1, 0.15) is 5.84 Å². The summed E-state index contributed by atoms with van der Waals surface area (Å²) in [5, 5.41) is 0.467. The van der Waals surface area contributed by atoms with Gasteiger partial charge in [-0.3, -0.25) is 4.90 Å². The fourth-order valence-electron chi connectivity index (χ4n) is 1.83. The molecule has 2 rings (SSSR count). The van der Waals surface area contributed by atoms with Crippen molar-refractivity contribution >= 4 is 27.5 Å². The summed E-state index contributed by atoms with van der Waals surface area (Å²) in [5.41, 5.74) is 5.72. The van der Waals surface area contributed by atoms with Crippen molar-refractivity contribution in [2.24, 2.45) is 10.1 Å². The summed E-state index contributed by atoms with van der Waals surface area (Å²) in [6.45, 7) is 3.00. The van der Waals surface area contributed by atoms with Gasteiger partial charge >= 0.3 is 0 Å². The van der Waals surface area contributed by atoms with Crippen LogP contribution in [0.4, 0.5) is 0 Å². The molecule has 0 radical (unpaired) electrons. The zero-order valence-electron chi connectivity index (χ0n) is 10.8. The SMILES string of the molecule is N/C(CN1CCOCC1)=N\S(=O)(=O)c1ccc(Cl)cc1. The summed E-state index contributed by atoms with van der Waals surface area (Å²) in [7, 11) is -3.78. The predicted octanol–water partition coefficient (Wildman–Crippen LogP) is 0.718. The van der Waals surface area contributed by atoms with Crippen LogP contribution < -0.4 is 5.73 Å². The topological polar surface area (TPSA) is 85.0 Å². The number of nitrogens with zero attached hydrogens (tertiary/aromatic N) is 2. The molecule has 0 spiro atoms. The van der Waals surface area contributed by atoms with Crippen LogP contribution >= 0.6 is 11.6 Å². The van der Waals surface area contributed by atoms with Crippen molar-refractivity contribution in [1.82, 2.24) is 4.90 Å². The second-order valence-electron chi connectivity index (χ2n) is 4.40. The van der Waals surface area contributed by atoms with Gasteiger partial charge < -0.3 is 10.5 Å². The molecule has 1 aromatic rings. The van der Waals surface area contributed by atoms with E-state index in [1.807, 2.05) is 4.90 Å². The number of hydrogen-bond acceptors (Lipinski definition) is 4. The Morgan fingerprint density at radius 2 is 1.90 bits per heavy atom. The summed E-state index contributed by atoms with van der Waals surface area (Å²) in [5.74, 6) is 0.0712. The summed E-state index contributed by atoms with van der Waals surface area (Å²) in [6.07, 6.45) is 0. The normalized spacial score (nSPS) is 18.1. The maximum absolute atomic E-state index is 12.0. The van der Waals surface area contributed by atoms with Gasteiger partial charge in [0.25, 0.3) is 10.0 Å². The summed E-state index contributed by atoms with van der Waals surface area (Å²) in [6, 6.07) is 5.82. The summed E-state index contributed by atoms with van der Waals surface area (Å²) < 4.78 is 32.9. The molecule has 1 heterocycles. The number of nitrogens with two attached hydrogens (primary N) is 1. The highest BCUT2D eigenvalue weighted by atomic mass is 35.5. The first kappa shape index (κ1) is 15.2. The fourth-order valence-corrected chi connectivity index (χ4v) is 2.91. The second-order valence-corrected chi connectivity index (χ2v) is 6.44. The minimum absolute atomic E-state index is 0.0712. The van der Waals surface area contributed by atoms with Gasteiger partial charge in [0.05, 0.1) is 24.7 Å². The van der Waals surface area contributed by atoms with Crippen LogP contribution in [-0.4, -0.2) is 52.0 Å². The van der Waals surface area contributed by atoms with Crippen molar-refractivity contribution in [3.63, 3.8) is 0 Å². The van der Waals surface area contributed by atoms with Crippen LogP contribution in [-0.2, 0) is 14.8 Å². The van der Waals surface area contributed by atoms with Crippen molar-refractivity contribution in [3.05, 3.63) is 29.3 Å². The molecule has 0 bridgehead atoms. The third kappa shape index (κ3) is 4.17. The van der Waals surface area contributed by atoms with E-state index in [1.165, 1.54) is 24.3 Å². The Kier molecular flexibility index (Phi) is 4.98. The van der Waals surface area contributed by atoms with Gasteiger partial charge in [0.2, 0.25) is 0 Å². The molecule has 110 valence electrons. The van der Waals surface area contributed by atoms with E-state index < -0.39 is 10.0 Å². The summed E-state index contributed by atoms with van der Waals surface area (Å²) >= 11 is 5.72. The lowest BCUT2D eigenvalue weighted by Gasteiger charge is -2.25. The third-order valence-electron chi connectivity index (χ3n) is 2.84. The van der Waals surface area contributed by atoms with E-state index in [0.29, 0.717) is 24.8 Å². The van der Waals surface area contributed by atoms with Crippen molar-refractivity contribution < 1.29 is 13.2 Å². The van der Waals surface area contributed by atoms with E-state index in [4.69, 9.17) is 22.1 Å². The van der Waals surface area contributed by atoms with Gasteiger partial charge in [-0.1, -0.05) is 11.6 Å². The monoisotopic (exact) mass is 317 g/mol. The smallest absolute Gasteiger partial charge is 0.283 e. The Morgan fingerprint density at radius 1 is 1.30 bits per heavy atom. The minimum Gasteiger partial charge on any atom is -0.385 e. The Bertz CT molecular complexity index is 580. The predicted molar refractivity (Wildman–Crippen MR) is 77.5 cm³/mol. The van der Waals surface area contributed by atoms with Crippen LogP contribution in [0.15, 0.2) is 33.6 Å². The first-order valence-electron chi connectivity index (χ1n) is 6.12. The molecular weight excluding hydrogens is 302 g/mol. The molecule has 1 aliphatic heterocycles. The molecule has 1 aliphatic rings. The zero-order chi connectivity index (χ0) is 14.6. The van der Waals surface area contributed by atoms with Gasteiger partial charge in [-0.15, -0.1) is 4.40 Å². The van der Waals surface area contributed by atoms with Crippen molar-refractivity contribution in [1.29, 1.82) is 0 Å². The van der Waals surface area contributed by atoms with Crippen LogP contribution in [0.1, 0.15) is 0 Å². The molecule has 0 aliphatic carbocycles. The average molecular weight is 318 g/mol. The Morgan fingerprint density at radius 3 is 2.50 bits per heavy atom. The van der Waals surface area contributed by atoms with Crippen LogP contribution in [0.2, 0.25) is 5.02 Å². The van der Waals surface area contributed by atoms with Crippen molar-refractivity contribution in [3.8, 4) is 0 Å². The quantitative estimate of drug-likeness (QED) is 0.653. The zero-order valence-corrected chi connectivity index (χ0v) is 12.4. The molecule has 0 aromatic heterocycles. The number of ether oxygens (including phenoxy) is 1. The van der Waals surface area contributed by atoms with Crippen LogP contribution in [0.5, 0.6) is 0 Å². The maximum atomic E-state index is 12.0. The molecular formula is C12H16ClN3O3S. The maximum Gasteiger partial charge on any atom is 0.283 e. The number of benzene rings is 1. The van der Waals surface area contributed by atoms with Crippen LogP contribution in [0.3, 0.4) is 0 Å². The summed E-state index contributed by atoms with van der Waals surface area (Å²) in [4.78, 5) is 2.08. The van der Waals surface area contributed by atoms with E-state index in [9.17, 15) is 8.42 Å². The van der Waals surface area contributed by atoms with E-state index >= 15 is 0 Å². The lowest BCUT2D eigenvalue weighted by atomic mass is 10.4. The number of rotatable bonds is 4. The van der Waals surface area contributed by atoms with Crippen molar-refractivity contribution in [2.75, 3.05) is 32.8 Å². The molecule has 1 aromatic carbocycles. The van der Waals surface area contributed by atoms with Crippen LogP contribution in [0.25, 0.3) is 0 Å². The molecule has 6 nitrogen and oxygen atoms in total. The number of amidine groups is 1. The van der Waals surface area contributed by atoms with E-state index in [0.717, 1.165) is 13.1 Å². The Labute approximate surface area is 123 Å². The molecule has 1 saturated heterocycles. The fraction of sp³-hybridized carbons (Fsp3) is 0.417. The minimum atomic E-state index is -3.78. The second kappa shape index (κ2) is 6.53. The molecule has 1 fully saturated rings. The van der Waals surface area contributed by atoms with Gasteiger partial charge in [-0.25, -0.2) is 0 Å². The first-order chi connectivity index (χ1) is 9.47. The number of hydrogen-bond donors (Lipinski definition) is 1. The standard InChI is InChI=1S/C12H16ClN3O3S/c13-10-1-3-11(4-2-10)20(17,18)15-12(14)9-16-5-7-19-8-6-16/h1-4H,5-9H2,(H2,14,15). The molecule has 8 heteroatoms. The van der Waals surface area contributed by atoms with Crippen molar-refractivity contribution in [2.45, 2.75) is 4.90 Å². The Balaban J connectivity index is 2.09. The molecule has 20 heavy (non-hydrogen) atoms. The highest BCUT2D eigenvalue weighted by Gasteiger charge is 2.16.